The van der Waals surface area contributed by atoms with E-state index in [1.54, 1.807) is 11.3 Å². The van der Waals surface area contributed by atoms with Crippen LogP contribution < -0.4 is 5.32 Å². The summed E-state index contributed by atoms with van der Waals surface area (Å²) < 4.78 is 0. The average molecular weight is 311 g/mol. The maximum Gasteiger partial charge on any atom is 0.272 e. The van der Waals surface area contributed by atoms with Gasteiger partial charge < -0.3 is 10.3 Å². The number of hydrogen-bond donors (Lipinski definition) is 2. The first-order valence-corrected chi connectivity index (χ1v) is 7.99. The van der Waals surface area contributed by atoms with Gasteiger partial charge in [0.05, 0.1) is 6.04 Å². The summed E-state index contributed by atoms with van der Waals surface area (Å²) >= 11 is 1.63. The van der Waals surface area contributed by atoms with Gasteiger partial charge in [-0.15, -0.1) is 11.3 Å². The molecule has 4 nitrogen and oxygen atoms in total. The molecule has 0 bridgehead atoms. The molecule has 0 saturated heterocycles. The molecule has 3 aromatic rings. The number of imidazole rings is 1. The monoisotopic (exact) mass is 311 g/mol. The van der Waals surface area contributed by atoms with Crippen LogP contribution in [-0.4, -0.2) is 15.9 Å². The van der Waals surface area contributed by atoms with Crippen molar-refractivity contribution < 1.29 is 4.79 Å². The van der Waals surface area contributed by atoms with Gasteiger partial charge in [-0.2, -0.15) is 0 Å². The van der Waals surface area contributed by atoms with Gasteiger partial charge in [-0.05, 0) is 25.3 Å². The largest absolute Gasteiger partial charge is 0.343 e. The summed E-state index contributed by atoms with van der Waals surface area (Å²) in [7, 11) is 0. The molecular weight excluding hydrogens is 294 g/mol. The van der Waals surface area contributed by atoms with Gasteiger partial charge >= 0.3 is 0 Å². The van der Waals surface area contributed by atoms with Crippen molar-refractivity contribution in [2.45, 2.75) is 19.9 Å². The topological polar surface area (TPSA) is 57.8 Å². The van der Waals surface area contributed by atoms with Crippen molar-refractivity contribution in [1.82, 2.24) is 15.3 Å². The number of hydrogen-bond acceptors (Lipinski definition) is 3. The molecule has 2 N–H and O–H groups in total. The van der Waals surface area contributed by atoms with Gasteiger partial charge in [0.2, 0.25) is 0 Å². The summed E-state index contributed by atoms with van der Waals surface area (Å²) in [5.41, 5.74) is 2.19. The van der Waals surface area contributed by atoms with E-state index in [0.717, 1.165) is 16.1 Å². The molecule has 0 aliphatic heterocycles. The minimum absolute atomic E-state index is 0.0243. The lowest BCUT2D eigenvalue weighted by Crippen LogP contribution is -2.27. The predicted octanol–water partition coefficient (Wildman–Crippen LogP) is 3.94. The van der Waals surface area contributed by atoms with Crippen LogP contribution in [-0.2, 0) is 0 Å². The Morgan fingerprint density at radius 1 is 1.23 bits per heavy atom. The number of H-pyrrole nitrogens is 1. The van der Waals surface area contributed by atoms with Crippen molar-refractivity contribution in [2.24, 2.45) is 0 Å². The van der Waals surface area contributed by atoms with Gasteiger partial charge in [0.1, 0.15) is 11.5 Å². The van der Waals surface area contributed by atoms with Crippen molar-refractivity contribution in [2.75, 3.05) is 0 Å². The maximum absolute atomic E-state index is 12.4. The molecular formula is C17H17N3OS. The number of thiophene rings is 1. The summed E-state index contributed by atoms with van der Waals surface area (Å²) in [4.78, 5) is 21.2. The van der Waals surface area contributed by atoms with Gasteiger partial charge in [0.25, 0.3) is 5.91 Å². The fourth-order valence-electron chi connectivity index (χ4n) is 2.29. The third-order valence-electron chi connectivity index (χ3n) is 3.46. The number of nitrogens with zero attached hydrogens (tertiary/aromatic N) is 1. The molecule has 1 atom stereocenters. The Kier molecular flexibility index (Phi) is 4.06. The van der Waals surface area contributed by atoms with E-state index in [1.807, 2.05) is 61.7 Å². The van der Waals surface area contributed by atoms with Crippen molar-refractivity contribution in [3.8, 4) is 11.4 Å². The Hall–Kier alpha value is -2.40. The number of rotatable bonds is 4. The molecule has 0 saturated carbocycles. The minimum Gasteiger partial charge on any atom is -0.343 e. The lowest BCUT2D eigenvalue weighted by molar-refractivity contribution is 0.0935. The molecule has 2 heterocycles. The Balaban J connectivity index is 1.80. The third kappa shape index (κ3) is 2.94. The second kappa shape index (κ2) is 6.15. The van der Waals surface area contributed by atoms with Gasteiger partial charge in [-0.25, -0.2) is 4.98 Å². The van der Waals surface area contributed by atoms with Crippen molar-refractivity contribution in [3.63, 3.8) is 0 Å². The smallest absolute Gasteiger partial charge is 0.272 e. The fourth-order valence-corrected chi connectivity index (χ4v) is 3.02. The first kappa shape index (κ1) is 14.5. The number of benzene rings is 1. The van der Waals surface area contributed by atoms with E-state index < -0.39 is 0 Å². The lowest BCUT2D eigenvalue weighted by atomic mass is 10.2. The molecule has 3 rings (SSSR count). The van der Waals surface area contributed by atoms with E-state index >= 15 is 0 Å². The van der Waals surface area contributed by atoms with Crippen LogP contribution in [0.5, 0.6) is 0 Å². The normalized spacial score (nSPS) is 12.1. The van der Waals surface area contributed by atoms with Crippen LogP contribution in [0.1, 0.15) is 34.0 Å². The second-order valence-electron chi connectivity index (χ2n) is 5.14. The second-order valence-corrected chi connectivity index (χ2v) is 6.11. The molecule has 0 radical (unpaired) electrons. The Morgan fingerprint density at radius 3 is 2.68 bits per heavy atom. The zero-order chi connectivity index (χ0) is 15.5. The average Bonchev–Trinajstić information content (AvgIpc) is 3.17. The highest BCUT2D eigenvalue weighted by Crippen LogP contribution is 2.20. The Bertz CT molecular complexity index is 763. The SMILES string of the molecule is Cc1[nH]c(-c2ccccc2)nc1C(=O)N[C@@H](C)c1cccs1. The van der Waals surface area contributed by atoms with Crippen LogP contribution in [0.15, 0.2) is 47.8 Å². The van der Waals surface area contributed by atoms with Gasteiger partial charge in [0, 0.05) is 16.1 Å². The minimum atomic E-state index is -0.156. The molecule has 1 amide bonds. The van der Waals surface area contributed by atoms with Gasteiger partial charge in [-0.3, -0.25) is 4.79 Å². The molecule has 2 aromatic heterocycles. The quantitative estimate of drug-likeness (QED) is 0.767. The number of amides is 1. The van der Waals surface area contributed by atoms with Crippen molar-refractivity contribution >= 4 is 17.2 Å². The zero-order valence-corrected chi connectivity index (χ0v) is 13.3. The molecule has 22 heavy (non-hydrogen) atoms. The van der Waals surface area contributed by atoms with Crippen molar-refractivity contribution in [3.05, 3.63) is 64.1 Å². The highest BCUT2D eigenvalue weighted by molar-refractivity contribution is 7.10. The summed E-state index contributed by atoms with van der Waals surface area (Å²) in [6.07, 6.45) is 0. The summed E-state index contributed by atoms with van der Waals surface area (Å²) in [6.45, 7) is 3.84. The van der Waals surface area contributed by atoms with Crippen LogP contribution in [0.3, 0.4) is 0 Å². The molecule has 5 heteroatoms. The lowest BCUT2D eigenvalue weighted by Gasteiger charge is -2.11. The van der Waals surface area contributed by atoms with E-state index in [2.05, 4.69) is 15.3 Å². The highest BCUT2D eigenvalue weighted by atomic mass is 32.1. The number of carbonyl (C=O) groups excluding carboxylic acids is 1. The van der Waals surface area contributed by atoms with Crippen molar-refractivity contribution in [1.29, 1.82) is 0 Å². The van der Waals surface area contributed by atoms with Crippen LogP contribution >= 0.6 is 11.3 Å². The van der Waals surface area contributed by atoms with Gasteiger partial charge in [0.15, 0.2) is 0 Å². The number of aromatic nitrogens is 2. The number of carbonyl (C=O) groups is 1. The third-order valence-corrected chi connectivity index (χ3v) is 4.52. The van der Waals surface area contributed by atoms with E-state index in [1.165, 1.54) is 0 Å². The first-order valence-electron chi connectivity index (χ1n) is 7.11. The summed E-state index contributed by atoms with van der Waals surface area (Å²) in [5, 5.41) is 5.00. The summed E-state index contributed by atoms with van der Waals surface area (Å²) in [6, 6.07) is 13.8. The van der Waals surface area contributed by atoms with Crippen LogP contribution in [0, 0.1) is 6.92 Å². The zero-order valence-electron chi connectivity index (χ0n) is 12.5. The van der Waals surface area contributed by atoms with E-state index in [0.29, 0.717) is 11.5 Å². The summed E-state index contributed by atoms with van der Waals surface area (Å²) in [5.74, 6) is 0.559. The fraction of sp³-hybridized carbons (Fsp3) is 0.176. The van der Waals surface area contributed by atoms with Crippen LogP contribution in [0.2, 0.25) is 0 Å². The van der Waals surface area contributed by atoms with Crippen LogP contribution in [0.25, 0.3) is 11.4 Å². The first-order chi connectivity index (χ1) is 10.6. The Morgan fingerprint density at radius 2 is 2.00 bits per heavy atom. The molecule has 1 aromatic carbocycles. The molecule has 0 unspecified atom stereocenters. The number of nitrogens with one attached hydrogen (secondary N) is 2. The van der Waals surface area contributed by atoms with Gasteiger partial charge in [-0.1, -0.05) is 36.4 Å². The Labute approximate surface area is 133 Å². The molecule has 112 valence electrons. The number of aromatic amines is 1. The van der Waals surface area contributed by atoms with E-state index in [9.17, 15) is 4.79 Å². The molecule has 0 fully saturated rings. The molecule has 0 aliphatic rings. The maximum atomic E-state index is 12.4. The predicted molar refractivity (Wildman–Crippen MR) is 89.0 cm³/mol. The highest BCUT2D eigenvalue weighted by Gasteiger charge is 2.18. The molecule has 0 aliphatic carbocycles. The number of aryl methyl sites for hydroxylation is 1. The van der Waals surface area contributed by atoms with Crippen LogP contribution in [0.4, 0.5) is 0 Å². The molecule has 0 spiro atoms. The van der Waals surface area contributed by atoms with E-state index in [-0.39, 0.29) is 11.9 Å². The van der Waals surface area contributed by atoms with E-state index in [4.69, 9.17) is 0 Å². The standard InChI is InChI=1S/C17H17N3OS/c1-11(14-9-6-10-22-14)19-17(21)15-12(2)18-16(20-15)13-7-4-3-5-8-13/h3-11H,1-2H3,(H,18,20)(H,19,21)/t11-/m0/s1.